The van der Waals surface area contributed by atoms with Crippen molar-refractivity contribution < 1.29 is 4.84 Å². The fourth-order valence-electron chi connectivity index (χ4n) is 0.815. The van der Waals surface area contributed by atoms with Gasteiger partial charge in [-0.2, -0.15) is 0 Å². The molecule has 0 saturated heterocycles. The van der Waals surface area contributed by atoms with Gasteiger partial charge < -0.3 is 5.73 Å². The predicted octanol–water partition coefficient (Wildman–Crippen LogP) is 1.37. The summed E-state index contributed by atoms with van der Waals surface area (Å²) < 4.78 is 0. The number of halogens is 1. The number of nitrogens with one attached hydrogen (secondary N) is 1. The molecular weight excluding hydrogens is 202 g/mol. The van der Waals surface area contributed by atoms with Crippen molar-refractivity contribution in [3.05, 3.63) is 35.9 Å². The number of hydrogen-bond donors (Lipinski definition) is 2. The number of nitrogens with zero attached hydrogens (tertiary/aromatic N) is 1. The molecule has 0 heterocycles. The molecule has 0 aromatic heterocycles. The highest BCUT2D eigenvalue weighted by Crippen LogP contribution is 2.01. The SMILES string of the molecule is CN(OCc1ccccc1)C(=N)N.Cl. The predicted molar refractivity (Wildman–Crippen MR) is 58.2 cm³/mol. The van der Waals surface area contributed by atoms with Gasteiger partial charge in [0.2, 0.25) is 5.96 Å². The van der Waals surface area contributed by atoms with Crippen LogP contribution in [-0.2, 0) is 11.4 Å². The molecule has 0 spiro atoms. The fourth-order valence-corrected chi connectivity index (χ4v) is 0.815. The minimum atomic E-state index is -0.101. The maximum atomic E-state index is 7.04. The molecule has 0 radical (unpaired) electrons. The number of guanidine groups is 1. The van der Waals surface area contributed by atoms with Crippen LogP contribution in [0.2, 0.25) is 0 Å². The highest BCUT2D eigenvalue weighted by molar-refractivity contribution is 5.85. The average molecular weight is 216 g/mol. The summed E-state index contributed by atoms with van der Waals surface area (Å²) in [6, 6.07) is 9.72. The molecule has 5 heteroatoms. The summed E-state index contributed by atoms with van der Waals surface area (Å²) in [6.45, 7) is 0.427. The molecule has 0 atom stereocenters. The number of hydrogen-bond acceptors (Lipinski definition) is 2. The number of nitrogens with two attached hydrogens (primary N) is 1. The van der Waals surface area contributed by atoms with Crippen LogP contribution in [0.5, 0.6) is 0 Å². The van der Waals surface area contributed by atoms with Crippen molar-refractivity contribution in [2.45, 2.75) is 6.61 Å². The molecule has 0 amide bonds. The Morgan fingerprint density at radius 1 is 1.43 bits per heavy atom. The Bertz CT molecular complexity index is 279. The van der Waals surface area contributed by atoms with Crippen LogP contribution in [0.15, 0.2) is 30.3 Å². The maximum absolute atomic E-state index is 7.04. The van der Waals surface area contributed by atoms with Crippen LogP contribution in [0, 0.1) is 5.41 Å². The zero-order chi connectivity index (χ0) is 9.68. The molecule has 0 saturated carbocycles. The van der Waals surface area contributed by atoms with Crippen LogP contribution in [0.4, 0.5) is 0 Å². The van der Waals surface area contributed by atoms with E-state index in [1.54, 1.807) is 7.05 Å². The Labute approximate surface area is 89.5 Å². The van der Waals surface area contributed by atoms with Gasteiger partial charge in [0.05, 0.1) is 0 Å². The van der Waals surface area contributed by atoms with Gasteiger partial charge in [0, 0.05) is 7.05 Å². The Balaban J connectivity index is 0.00000169. The lowest BCUT2D eigenvalue weighted by Crippen LogP contribution is -2.32. The van der Waals surface area contributed by atoms with Gasteiger partial charge in [-0.25, -0.2) is 5.06 Å². The van der Waals surface area contributed by atoms with E-state index in [-0.39, 0.29) is 18.4 Å². The molecule has 0 aliphatic carbocycles. The van der Waals surface area contributed by atoms with Crippen LogP contribution in [0.3, 0.4) is 0 Å². The van der Waals surface area contributed by atoms with Gasteiger partial charge in [-0.15, -0.1) is 12.4 Å². The molecular formula is C9H14ClN3O. The molecule has 3 N–H and O–H groups in total. The fraction of sp³-hybridized carbons (Fsp3) is 0.222. The van der Waals surface area contributed by atoms with E-state index in [0.717, 1.165) is 5.56 Å². The van der Waals surface area contributed by atoms with Crippen LogP contribution in [0.25, 0.3) is 0 Å². The second-order valence-corrected chi connectivity index (χ2v) is 2.64. The number of benzene rings is 1. The zero-order valence-corrected chi connectivity index (χ0v) is 8.75. The van der Waals surface area contributed by atoms with E-state index >= 15 is 0 Å². The molecule has 0 fully saturated rings. The highest BCUT2D eigenvalue weighted by atomic mass is 35.5. The molecule has 78 valence electrons. The van der Waals surface area contributed by atoms with E-state index in [4.69, 9.17) is 16.0 Å². The standard InChI is InChI=1S/C9H13N3O.ClH/c1-12(9(10)11)13-7-8-5-3-2-4-6-8;/h2-6H,7H2,1H3,(H3,10,11);1H. The Morgan fingerprint density at radius 3 is 2.50 bits per heavy atom. The molecule has 0 aliphatic heterocycles. The van der Waals surface area contributed by atoms with Crippen LogP contribution in [0.1, 0.15) is 5.56 Å². The van der Waals surface area contributed by atoms with Gasteiger partial charge in [0.25, 0.3) is 0 Å². The second-order valence-electron chi connectivity index (χ2n) is 2.64. The van der Waals surface area contributed by atoms with E-state index in [1.807, 2.05) is 30.3 Å². The van der Waals surface area contributed by atoms with Crippen molar-refractivity contribution in [3.8, 4) is 0 Å². The van der Waals surface area contributed by atoms with E-state index < -0.39 is 0 Å². The third-order valence-electron chi connectivity index (χ3n) is 1.61. The smallest absolute Gasteiger partial charge is 0.212 e. The van der Waals surface area contributed by atoms with Crippen molar-refractivity contribution >= 4 is 18.4 Å². The van der Waals surface area contributed by atoms with Crippen molar-refractivity contribution in [3.63, 3.8) is 0 Å². The van der Waals surface area contributed by atoms with Crippen molar-refractivity contribution in [2.24, 2.45) is 5.73 Å². The summed E-state index contributed by atoms with van der Waals surface area (Å²) in [5, 5.41) is 8.27. The van der Waals surface area contributed by atoms with Gasteiger partial charge >= 0.3 is 0 Å². The first-order chi connectivity index (χ1) is 6.20. The summed E-state index contributed by atoms with van der Waals surface area (Å²) in [5.41, 5.74) is 6.24. The Morgan fingerprint density at radius 2 is 2.00 bits per heavy atom. The lowest BCUT2D eigenvalue weighted by molar-refractivity contribution is -0.0932. The minimum Gasteiger partial charge on any atom is -0.368 e. The summed E-state index contributed by atoms with van der Waals surface area (Å²) in [7, 11) is 1.60. The van der Waals surface area contributed by atoms with Crippen molar-refractivity contribution in [1.29, 1.82) is 5.41 Å². The summed E-state index contributed by atoms with van der Waals surface area (Å²) >= 11 is 0. The lowest BCUT2D eigenvalue weighted by Gasteiger charge is -2.15. The molecule has 14 heavy (non-hydrogen) atoms. The largest absolute Gasteiger partial charge is 0.368 e. The molecule has 1 aromatic rings. The monoisotopic (exact) mass is 215 g/mol. The second kappa shape index (κ2) is 6.23. The Hall–Kier alpha value is -1.26. The van der Waals surface area contributed by atoms with Gasteiger partial charge in [-0.1, -0.05) is 30.3 Å². The summed E-state index contributed by atoms with van der Waals surface area (Å²) in [4.78, 5) is 5.17. The zero-order valence-electron chi connectivity index (χ0n) is 7.93. The Kier molecular flexibility index (Phi) is 5.67. The maximum Gasteiger partial charge on any atom is 0.212 e. The van der Waals surface area contributed by atoms with E-state index in [9.17, 15) is 0 Å². The van der Waals surface area contributed by atoms with E-state index in [2.05, 4.69) is 0 Å². The normalized spacial score (nSPS) is 8.93. The first-order valence-electron chi connectivity index (χ1n) is 3.94. The molecule has 4 nitrogen and oxygen atoms in total. The molecule has 1 aromatic carbocycles. The molecule has 0 aliphatic rings. The summed E-state index contributed by atoms with van der Waals surface area (Å²) in [5.74, 6) is -0.101. The lowest BCUT2D eigenvalue weighted by atomic mass is 10.2. The van der Waals surface area contributed by atoms with Crippen molar-refractivity contribution in [1.82, 2.24) is 5.06 Å². The van der Waals surface area contributed by atoms with E-state index in [0.29, 0.717) is 6.61 Å². The topological polar surface area (TPSA) is 62.3 Å². The third kappa shape index (κ3) is 4.11. The first kappa shape index (κ1) is 12.7. The number of hydroxylamine groups is 2. The van der Waals surface area contributed by atoms with Gasteiger partial charge in [-0.3, -0.25) is 10.2 Å². The van der Waals surface area contributed by atoms with Crippen LogP contribution < -0.4 is 5.73 Å². The molecule has 0 bridgehead atoms. The van der Waals surface area contributed by atoms with Crippen LogP contribution >= 0.6 is 12.4 Å². The average Bonchev–Trinajstić information content (AvgIpc) is 2.15. The molecule has 0 unspecified atom stereocenters. The van der Waals surface area contributed by atoms with E-state index in [1.165, 1.54) is 5.06 Å². The van der Waals surface area contributed by atoms with Gasteiger partial charge in [0.15, 0.2) is 0 Å². The van der Waals surface area contributed by atoms with Gasteiger partial charge in [0.1, 0.15) is 6.61 Å². The molecule has 1 rings (SSSR count). The quantitative estimate of drug-likeness (QED) is 0.455. The minimum absolute atomic E-state index is 0. The number of rotatable bonds is 3. The third-order valence-corrected chi connectivity index (χ3v) is 1.61. The van der Waals surface area contributed by atoms with Gasteiger partial charge in [-0.05, 0) is 5.56 Å². The highest BCUT2D eigenvalue weighted by Gasteiger charge is 1.99. The first-order valence-corrected chi connectivity index (χ1v) is 3.94. The van der Waals surface area contributed by atoms with Crippen molar-refractivity contribution in [2.75, 3.05) is 7.05 Å². The summed E-state index contributed by atoms with van der Waals surface area (Å²) in [6.07, 6.45) is 0. The van der Waals surface area contributed by atoms with Crippen LogP contribution in [-0.4, -0.2) is 18.1 Å².